The van der Waals surface area contributed by atoms with E-state index in [-0.39, 0.29) is 16.4 Å². The Kier molecular flexibility index (Phi) is 4.28. The van der Waals surface area contributed by atoms with Gasteiger partial charge in [-0.2, -0.15) is 0 Å². The Morgan fingerprint density at radius 1 is 1.53 bits per heavy atom. The van der Waals surface area contributed by atoms with Crippen molar-refractivity contribution >= 4 is 34.3 Å². The van der Waals surface area contributed by atoms with Crippen LogP contribution in [0.5, 0.6) is 0 Å². The Morgan fingerprint density at radius 2 is 2.32 bits per heavy atom. The lowest BCUT2D eigenvalue weighted by molar-refractivity contribution is -0.384. The predicted octanol–water partition coefficient (Wildman–Crippen LogP) is 3.50. The Hall–Kier alpha value is -1.73. The number of hydrogen-bond donors (Lipinski definition) is 1. The predicted molar refractivity (Wildman–Crippen MR) is 72.4 cm³/mol. The molecule has 0 spiro atoms. The zero-order valence-electron chi connectivity index (χ0n) is 9.60. The Bertz CT molecular complexity index is 592. The van der Waals surface area contributed by atoms with Crippen LogP contribution in [0, 0.1) is 15.9 Å². The van der Waals surface area contributed by atoms with Crippen molar-refractivity contribution in [1.29, 1.82) is 0 Å². The minimum absolute atomic E-state index is 0.114. The summed E-state index contributed by atoms with van der Waals surface area (Å²) in [5.74, 6) is -0.691. The molecule has 1 aromatic carbocycles. The van der Waals surface area contributed by atoms with Gasteiger partial charge in [0.25, 0.3) is 5.69 Å². The van der Waals surface area contributed by atoms with Crippen LogP contribution >= 0.6 is 22.9 Å². The second-order valence-electron chi connectivity index (χ2n) is 3.64. The molecule has 0 saturated carbocycles. The molecule has 0 saturated heterocycles. The van der Waals surface area contributed by atoms with E-state index in [4.69, 9.17) is 11.6 Å². The number of rotatable bonds is 5. The van der Waals surface area contributed by atoms with E-state index in [2.05, 4.69) is 10.3 Å². The molecule has 8 heteroatoms. The zero-order valence-corrected chi connectivity index (χ0v) is 11.2. The largest absolute Gasteiger partial charge is 0.379 e. The third kappa shape index (κ3) is 3.39. The lowest BCUT2D eigenvalue weighted by Gasteiger charge is -2.07. The SMILES string of the molecule is O=[N+]([O-])c1cc(Cl)c(F)cc1NCCc1nccs1. The van der Waals surface area contributed by atoms with Gasteiger partial charge in [-0.25, -0.2) is 9.37 Å². The van der Waals surface area contributed by atoms with E-state index in [0.29, 0.717) is 13.0 Å². The summed E-state index contributed by atoms with van der Waals surface area (Å²) in [6, 6.07) is 2.03. The molecule has 0 aliphatic heterocycles. The van der Waals surface area contributed by atoms with Crippen molar-refractivity contribution in [3.63, 3.8) is 0 Å². The van der Waals surface area contributed by atoms with E-state index < -0.39 is 10.7 Å². The summed E-state index contributed by atoms with van der Waals surface area (Å²) in [5.41, 5.74) is -0.131. The van der Waals surface area contributed by atoms with Crippen molar-refractivity contribution in [2.75, 3.05) is 11.9 Å². The number of nitro groups is 1. The summed E-state index contributed by atoms with van der Waals surface area (Å²) in [6.45, 7) is 0.426. The third-order valence-corrected chi connectivity index (χ3v) is 3.50. The van der Waals surface area contributed by atoms with Gasteiger partial charge in [0.2, 0.25) is 0 Å². The molecule has 0 radical (unpaired) electrons. The highest BCUT2D eigenvalue weighted by molar-refractivity contribution is 7.09. The van der Waals surface area contributed by atoms with Crippen molar-refractivity contribution < 1.29 is 9.31 Å². The van der Waals surface area contributed by atoms with Gasteiger partial charge in [-0.3, -0.25) is 10.1 Å². The molecular weight excluding hydrogens is 293 g/mol. The summed E-state index contributed by atoms with van der Waals surface area (Å²) in [6.07, 6.45) is 2.30. The van der Waals surface area contributed by atoms with Crippen LogP contribution < -0.4 is 5.32 Å². The molecule has 0 aliphatic rings. The van der Waals surface area contributed by atoms with Gasteiger partial charge in [-0.05, 0) is 0 Å². The van der Waals surface area contributed by atoms with Crippen LogP contribution in [0.3, 0.4) is 0 Å². The lowest BCUT2D eigenvalue weighted by atomic mass is 10.2. The van der Waals surface area contributed by atoms with Gasteiger partial charge < -0.3 is 5.32 Å². The number of nitro benzene ring substituents is 1. The van der Waals surface area contributed by atoms with Crippen LogP contribution in [0.4, 0.5) is 15.8 Å². The second-order valence-corrected chi connectivity index (χ2v) is 5.03. The highest BCUT2D eigenvalue weighted by atomic mass is 35.5. The molecule has 0 bridgehead atoms. The van der Waals surface area contributed by atoms with E-state index in [1.807, 2.05) is 5.38 Å². The molecule has 0 atom stereocenters. The number of benzene rings is 1. The van der Waals surface area contributed by atoms with E-state index in [1.165, 1.54) is 11.3 Å². The fraction of sp³-hybridized carbons (Fsp3) is 0.182. The van der Waals surface area contributed by atoms with Crippen molar-refractivity contribution in [3.05, 3.63) is 49.7 Å². The molecule has 1 N–H and O–H groups in total. The van der Waals surface area contributed by atoms with Crippen LogP contribution in [-0.4, -0.2) is 16.5 Å². The number of nitrogens with zero attached hydrogens (tertiary/aromatic N) is 2. The van der Waals surface area contributed by atoms with Gasteiger partial charge >= 0.3 is 0 Å². The van der Waals surface area contributed by atoms with Crippen molar-refractivity contribution in [2.24, 2.45) is 0 Å². The molecule has 2 rings (SSSR count). The van der Waals surface area contributed by atoms with E-state index in [9.17, 15) is 14.5 Å². The van der Waals surface area contributed by atoms with E-state index in [1.54, 1.807) is 6.20 Å². The number of hydrogen-bond acceptors (Lipinski definition) is 5. The maximum absolute atomic E-state index is 13.3. The van der Waals surface area contributed by atoms with Crippen LogP contribution in [0.15, 0.2) is 23.7 Å². The topological polar surface area (TPSA) is 68.1 Å². The summed E-state index contributed by atoms with van der Waals surface area (Å²) >= 11 is 7.02. The summed E-state index contributed by atoms with van der Waals surface area (Å²) in [5, 5.41) is 16.2. The Labute approximate surface area is 117 Å². The normalized spacial score (nSPS) is 10.4. The van der Waals surface area contributed by atoms with Gasteiger partial charge in [0.05, 0.1) is 15.0 Å². The van der Waals surface area contributed by atoms with Crippen LogP contribution in [0.1, 0.15) is 5.01 Å². The van der Waals surface area contributed by atoms with Crippen LogP contribution in [-0.2, 0) is 6.42 Å². The quantitative estimate of drug-likeness (QED) is 0.678. The fourth-order valence-electron chi connectivity index (χ4n) is 1.51. The first-order valence-corrected chi connectivity index (χ1v) is 6.59. The molecule has 0 amide bonds. The average molecular weight is 302 g/mol. The Morgan fingerprint density at radius 3 is 2.95 bits per heavy atom. The van der Waals surface area contributed by atoms with Gasteiger partial charge in [0, 0.05) is 36.7 Å². The van der Waals surface area contributed by atoms with E-state index in [0.717, 1.165) is 17.1 Å². The number of halogens is 2. The Balaban J connectivity index is 2.10. The smallest absolute Gasteiger partial charge is 0.294 e. The first kappa shape index (κ1) is 13.7. The van der Waals surface area contributed by atoms with Crippen molar-refractivity contribution in [1.82, 2.24) is 4.98 Å². The fourth-order valence-corrected chi connectivity index (χ4v) is 2.29. The number of anilines is 1. The number of aromatic nitrogens is 1. The maximum atomic E-state index is 13.3. The van der Waals surface area contributed by atoms with Crippen LogP contribution in [0.2, 0.25) is 5.02 Å². The zero-order chi connectivity index (χ0) is 13.8. The minimum Gasteiger partial charge on any atom is -0.379 e. The molecule has 19 heavy (non-hydrogen) atoms. The monoisotopic (exact) mass is 301 g/mol. The summed E-state index contributed by atoms with van der Waals surface area (Å²) < 4.78 is 13.3. The molecule has 0 fully saturated rings. The van der Waals surface area contributed by atoms with E-state index >= 15 is 0 Å². The second kappa shape index (κ2) is 5.94. The number of thiazole rings is 1. The first-order valence-electron chi connectivity index (χ1n) is 5.33. The summed E-state index contributed by atoms with van der Waals surface area (Å²) in [7, 11) is 0. The van der Waals surface area contributed by atoms with Crippen molar-refractivity contribution in [2.45, 2.75) is 6.42 Å². The highest BCUT2D eigenvalue weighted by Crippen LogP contribution is 2.30. The molecule has 2 aromatic rings. The third-order valence-electron chi connectivity index (χ3n) is 2.37. The molecule has 5 nitrogen and oxygen atoms in total. The molecule has 1 aromatic heterocycles. The molecule has 0 aliphatic carbocycles. The molecule has 1 heterocycles. The van der Waals surface area contributed by atoms with Crippen LogP contribution in [0.25, 0.3) is 0 Å². The van der Waals surface area contributed by atoms with Gasteiger partial charge in [0.1, 0.15) is 11.5 Å². The average Bonchev–Trinajstić information content (AvgIpc) is 2.86. The highest BCUT2D eigenvalue weighted by Gasteiger charge is 2.17. The van der Waals surface area contributed by atoms with Gasteiger partial charge in [-0.15, -0.1) is 11.3 Å². The van der Waals surface area contributed by atoms with Gasteiger partial charge in [0.15, 0.2) is 0 Å². The van der Waals surface area contributed by atoms with Gasteiger partial charge in [-0.1, -0.05) is 11.6 Å². The van der Waals surface area contributed by atoms with Crippen molar-refractivity contribution in [3.8, 4) is 0 Å². The molecule has 0 unspecified atom stereocenters. The minimum atomic E-state index is -0.691. The first-order chi connectivity index (χ1) is 9.08. The standard InChI is InChI=1S/C11H9ClFN3O2S/c12-7-5-10(16(17)18)9(6-8(7)13)14-2-1-11-15-3-4-19-11/h3-6,14H,1-2H2. The summed E-state index contributed by atoms with van der Waals surface area (Å²) in [4.78, 5) is 14.3. The molecule has 100 valence electrons. The maximum Gasteiger partial charge on any atom is 0.294 e. The molecular formula is C11H9ClFN3O2S. The number of nitrogens with one attached hydrogen (secondary N) is 1. The lowest BCUT2D eigenvalue weighted by Crippen LogP contribution is -2.07.